The van der Waals surface area contributed by atoms with Gasteiger partial charge in [-0.15, -0.1) is 0 Å². The predicted molar refractivity (Wildman–Crippen MR) is 126 cm³/mol. The van der Waals surface area contributed by atoms with E-state index in [-0.39, 0.29) is 11.9 Å². The fourth-order valence-corrected chi connectivity index (χ4v) is 3.77. The highest BCUT2D eigenvalue weighted by Crippen LogP contribution is 2.19. The first-order valence-electron chi connectivity index (χ1n) is 11.4. The number of hydrogen-bond acceptors (Lipinski definition) is 5. The molecule has 2 aromatic rings. The van der Waals surface area contributed by atoms with Crippen molar-refractivity contribution in [2.75, 3.05) is 6.54 Å². The minimum absolute atomic E-state index is 0.211. The average Bonchev–Trinajstić information content (AvgIpc) is 3.32. The molecule has 2 amide bonds. The van der Waals surface area contributed by atoms with Crippen LogP contribution >= 0.6 is 0 Å². The maximum Gasteiger partial charge on any atom is 0.333 e. The summed E-state index contributed by atoms with van der Waals surface area (Å²) in [4.78, 5) is 39.2. The van der Waals surface area contributed by atoms with E-state index in [9.17, 15) is 14.4 Å². The molecule has 0 radical (unpaired) electrons. The molecule has 1 aliphatic heterocycles. The zero-order valence-corrected chi connectivity index (χ0v) is 19.5. The summed E-state index contributed by atoms with van der Waals surface area (Å²) in [5, 5.41) is 8.87. The number of benzene rings is 2. The van der Waals surface area contributed by atoms with E-state index in [0.717, 1.165) is 24.9 Å². The predicted octanol–water partition coefficient (Wildman–Crippen LogP) is 2.67. The molecule has 0 unspecified atom stereocenters. The van der Waals surface area contributed by atoms with E-state index in [2.05, 4.69) is 16.0 Å². The molecule has 0 bridgehead atoms. The summed E-state index contributed by atoms with van der Waals surface area (Å²) in [6.07, 6.45) is 1.96. The second kappa shape index (κ2) is 11.1. The van der Waals surface area contributed by atoms with Crippen LogP contribution in [-0.2, 0) is 25.5 Å². The fourth-order valence-electron chi connectivity index (χ4n) is 3.77. The number of carbonyl (C=O) groups excluding carboxylic acids is 3. The zero-order valence-electron chi connectivity index (χ0n) is 19.5. The van der Waals surface area contributed by atoms with Crippen molar-refractivity contribution in [3.05, 3.63) is 71.8 Å². The molecule has 2 aromatic carbocycles. The molecule has 176 valence electrons. The Kier molecular flexibility index (Phi) is 8.22. The minimum atomic E-state index is -0.988. The molecule has 0 spiro atoms. The lowest BCUT2D eigenvalue weighted by Crippen LogP contribution is -2.53. The first-order chi connectivity index (χ1) is 15.7. The van der Waals surface area contributed by atoms with Crippen LogP contribution in [0, 0.1) is 0 Å². The van der Waals surface area contributed by atoms with Crippen molar-refractivity contribution < 1.29 is 19.1 Å². The fraction of sp³-hybridized carbons (Fsp3) is 0.423. The van der Waals surface area contributed by atoms with Gasteiger partial charge in [0.1, 0.15) is 11.6 Å². The molecular weight excluding hydrogens is 418 g/mol. The lowest BCUT2D eigenvalue weighted by atomic mass is 10.0. The van der Waals surface area contributed by atoms with Crippen LogP contribution in [0.3, 0.4) is 0 Å². The van der Waals surface area contributed by atoms with Crippen molar-refractivity contribution in [2.45, 2.75) is 63.8 Å². The Morgan fingerprint density at radius 3 is 2.21 bits per heavy atom. The van der Waals surface area contributed by atoms with Gasteiger partial charge in [0.15, 0.2) is 6.04 Å². The maximum absolute atomic E-state index is 13.4. The number of amides is 2. The molecule has 3 rings (SSSR count). The molecule has 7 nitrogen and oxygen atoms in total. The van der Waals surface area contributed by atoms with Gasteiger partial charge in [-0.3, -0.25) is 9.59 Å². The quantitative estimate of drug-likeness (QED) is 0.536. The first kappa shape index (κ1) is 24.5. The standard InChI is InChI=1S/C26H33N3O4/c1-26(2,3)33-25(32)22(19-13-8-5-9-14-19)29-24(31)21(17-18-11-6-4-7-12-18)28-23(30)20-15-10-16-27-20/h4-9,11-14,20-22,27H,10,15-17H2,1-3H3,(H,28,30)(H,29,31)/t20-,21-,22+/m0/s1. The second-order valence-corrected chi connectivity index (χ2v) is 9.29. The molecule has 33 heavy (non-hydrogen) atoms. The van der Waals surface area contributed by atoms with Crippen molar-refractivity contribution >= 4 is 17.8 Å². The molecule has 0 aromatic heterocycles. The van der Waals surface area contributed by atoms with Crippen LogP contribution in [0.4, 0.5) is 0 Å². The van der Waals surface area contributed by atoms with Crippen LogP contribution < -0.4 is 16.0 Å². The average molecular weight is 452 g/mol. The highest BCUT2D eigenvalue weighted by Gasteiger charge is 2.32. The summed E-state index contributed by atoms with van der Waals surface area (Å²) < 4.78 is 5.56. The molecule has 0 saturated carbocycles. The molecule has 1 saturated heterocycles. The van der Waals surface area contributed by atoms with Crippen molar-refractivity contribution in [1.82, 2.24) is 16.0 Å². The Hall–Kier alpha value is -3.19. The molecule has 1 fully saturated rings. The molecule has 1 heterocycles. The van der Waals surface area contributed by atoms with E-state index >= 15 is 0 Å². The third-order valence-electron chi connectivity index (χ3n) is 5.35. The number of carbonyl (C=O) groups is 3. The van der Waals surface area contributed by atoms with Crippen molar-refractivity contribution in [3.8, 4) is 0 Å². The van der Waals surface area contributed by atoms with Gasteiger partial charge in [-0.2, -0.15) is 0 Å². The highest BCUT2D eigenvalue weighted by atomic mass is 16.6. The van der Waals surface area contributed by atoms with Crippen LogP contribution in [-0.4, -0.2) is 42.0 Å². The van der Waals surface area contributed by atoms with Gasteiger partial charge in [0.05, 0.1) is 6.04 Å². The Bertz CT molecular complexity index is 935. The SMILES string of the molecule is CC(C)(C)OC(=O)[C@H](NC(=O)[C@H](Cc1ccccc1)NC(=O)[C@@H]1CCCN1)c1ccccc1. The van der Waals surface area contributed by atoms with E-state index in [1.54, 1.807) is 45.0 Å². The third-order valence-corrected chi connectivity index (χ3v) is 5.35. The van der Waals surface area contributed by atoms with Gasteiger partial charge < -0.3 is 20.7 Å². The van der Waals surface area contributed by atoms with Crippen LogP contribution in [0.1, 0.15) is 50.8 Å². The first-order valence-corrected chi connectivity index (χ1v) is 11.4. The number of rotatable bonds is 8. The third kappa shape index (κ3) is 7.43. The van der Waals surface area contributed by atoms with Crippen LogP contribution in [0.25, 0.3) is 0 Å². The zero-order chi connectivity index (χ0) is 23.8. The van der Waals surface area contributed by atoms with Gasteiger partial charge in [-0.05, 0) is 51.3 Å². The smallest absolute Gasteiger partial charge is 0.333 e. The summed E-state index contributed by atoms with van der Waals surface area (Å²) in [6.45, 7) is 6.12. The van der Waals surface area contributed by atoms with Gasteiger partial charge >= 0.3 is 5.97 Å². The van der Waals surface area contributed by atoms with Crippen molar-refractivity contribution in [2.24, 2.45) is 0 Å². The lowest BCUT2D eigenvalue weighted by Gasteiger charge is -2.27. The monoisotopic (exact) mass is 451 g/mol. The van der Waals surface area contributed by atoms with E-state index < -0.39 is 29.6 Å². The molecular formula is C26H33N3O4. The van der Waals surface area contributed by atoms with Crippen molar-refractivity contribution in [3.63, 3.8) is 0 Å². The van der Waals surface area contributed by atoms with Crippen molar-refractivity contribution in [1.29, 1.82) is 0 Å². The molecule has 7 heteroatoms. The van der Waals surface area contributed by atoms with E-state index in [4.69, 9.17) is 4.74 Å². The molecule has 1 aliphatic rings. The number of nitrogens with one attached hydrogen (secondary N) is 3. The molecule has 0 aliphatic carbocycles. The lowest BCUT2D eigenvalue weighted by molar-refractivity contribution is -0.159. The summed E-state index contributed by atoms with van der Waals surface area (Å²) in [5.41, 5.74) is 0.814. The van der Waals surface area contributed by atoms with E-state index in [0.29, 0.717) is 12.0 Å². The molecule has 3 N–H and O–H groups in total. The van der Waals surface area contributed by atoms with Gasteiger partial charge in [-0.25, -0.2) is 4.79 Å². The van der Waals surface area contributed by atoms with E-state index in [1.165, 1.54) is 0 Å². The Labute approximate surface area is 195 Å². The summed E-state index contributed by atoms with van der Waals surface area (Å²) >= 11 is 0. The highest BCUT2D eigenvalue weighted by molar-refractivity contribution is 5.92. The minimum Gasteiger partial charge on any atom is -0.458 e. The number of hydrogen-bond donors (Lipinski definition) is 3. The summed E-state index contributed by atoms with van der Waals surface area (Å²) in [6, 6.07) is 16.3. The molecule has 3 atom stereocenters. The largest absolute Gasteiger partial charge is 0.458 e. The van der Waals surface area contributed by atoms with Gasteiger partial charge in [0.2, 0.25) is 11.8 Å². The summed E-state index contributed by atoms with van der Waals surface area (Å²) in [7, 11) is 0. The van der Waals surface area contributed by atoms with Gasteiger partial charge in [0, 0.05) is 6.42 Å². The number of esters is 1. The van der Waals surface area contributed by atoms with Crippen LogP contribution in [0.2, 0.25) is 0 Å². The normalized spacial score (nSPS) is 17.6. The van der Waals surface area contributed by atoms with E-state index in [1.807, 2.05) is 36.4 Å². The van der Waals surface area contributed by atoms with Crippen LogP contribution in [0.5, 0.6) is 0 Å². The Balaban J connectivity index is 1.81. The van der Waals surface area contributed by atoms with Gasteiger partial charge in [-0.1, -0.05) is 60.7 Å². The van der Waals surface area contributed by atoms with Crippen LogP contribution in [0.15, 0.2) is 60.7 Å². The Morgan fingerprint density at radius 1 is 1.00 bits per heavy atom. The maximum atomic E-state index is 13.4. The summed E-state index contributed by atoms with van der Waals surface area (Å²) in [5.74, 6) is -1.20. The number of ether oxygens (including phenoxy) is 1. The Morgan fingerprint density at radius 2 is 1.64 bits per heavy atom. The second-order valence-electron chi connectivity index (χ2n) is 9.29. The topological polar surface area (TPSA) is 96.5 Å². The van der Waals surface area contributed by atoms with Gasteiger partial charge in [0.25, 0.3) is 0 Å².